The number of hydrogen-bond donors (Lipinski definition) is 1. The third kappa shape index (κ3) is 5.78. The van der Waals surface area contributed by atoms with Crippen LogP contribution in [0.25, 0.3) is 0 Å². The van der Waals surface area contributed by atoms with E-state index in [-0.39, 0.29) is 5.92 Å². The van der Waals surface area contributed by atoms with Crippen LogP contribution in [0.1, 0.15) is 25.3 Å². The number of rotatable bonds is 8. The molecule has 0 aliphatic rings. The molecule has 2 nitrogen and oxygen atoms in total. The van der Waals surface area contributed by atoms with Gasteiger partial charge < -0.3 is 5.11 Å². The second-order valence-electron chi connectivity index (χ2n) is 4.20. The topological polar surface area (TPSA) is 37.3 Å². The molecule has 0 saturated carbocycles. The standard InChI is InChI=1S/C14H19ClO2S/c1-2-18-9-3-4-12(14(16)17)10-11-5-7-13(15)8-6-11/h5-8,12H,2-4,9-10H2,1H3,(H,16,17). The number of halogens is 1. The first-order valence-electron chi connectivity index (χ1n) is 6.18. The van der Waals surface area contributed by atoms with Crippen LogP contribution in [-0.2, 0) is 11.2 Å². The molecule has 1 N–H and O–H groups in total. The van der Waals surface area contributed by atoms with Crippen molar-refractivity contribution in [3.63, 3.8) is 0 Å². The van der Waals surface area contributed by atoms with Crippen molar-refractivity contribution in [1.29, 1.82) is 0 Å². The Balaban J connectivity index is 2.47. The van der Waals surface area contributed by atoms with Gasteiger partial charge in [-0.3, -0.25) is 4.79 Å². The summed E-state index contributed by atoms with van der Waals surface area (Å²) in [7, 11) is 0. The van der Waals surface area contributed by atoms with Gasteiger partial charge >= 0.3 is 5.97 Å². The highest BCUT2D eigenvalue weighted by Crippen LogP contribution is 2.18. The molecule has 0 aliphatic heterocycles. The molecule has 1 aromatic rings. The monoisotopic (exact) mass is 286 g/mol. The Morgan fingerprint density at radius 2 is 2.06 bits per heavy atom. The van der Waals surface area contributed by atoms with Crippen LogP contribution in [0.15, 0.2) is 24.3 Å². The molecule has 0 heterocycles. The molecule has 18 heavy (non-hydrogen) atoms. The fraction of sp³-hybridized carbons (Fsp3) is 0.500. The SMILES string of the molecule is CCSCCCC(Cc1ccc(Cl)cc1)C(=O)O. The minimum Gasteiger partial charge on any atom is -0.481 e. The van der Waals surface area contributed by atoms with E-state index in [0.29, 0.717) is 11.4 Å². The molecule has 0 saturated heterocycles. The van der Waals surface area contributed by atoms with Gasteiger partial charge in [0.15, 0.2) is 0 Å². The van der Waals surface area contributed by atoms with Gasteiger partial charge in [0.1, 0.15) is 0 Å². The van der Waals surface area contributed by atoms with Gasteiger partial charge in [-0.2, -0.15) is 11.8 Å². The normalized spacial score (nSPS) is 12.3. The Kier molecular flexibility index (Phi) is 7.21. The number of aliphatic carboxylic acids is 1. The summed E-state index contributed by atoms with van der Waals surface area (Å²) in [4.78, 5) is 11.2. The van der Waals surface area contributed by atoms with Crippen molar-refractivity contribution in [2.24, 2.45) is 5.92 Å². The molecule has 0 spiro atoms. The molecule has 0 aromatic heterocycles. The van der Waals surface area contributed by atoms with E-state index in [0.717, 1.165) is 29.9 Å². The quantitative estimate of drug-likeness (QED) is 0.731. The zero-order chi connectivity index (χ0) is 13.4. The fourth-order valence-corrected chi connectivity index (χ4v) is 2.58. The lowest BCUT2D eigenvalue weighted by Crippen LogP contribution is -2.16. The van der Waals surface area contributed by atoms with Gasteiger partial charge in [0.25, 0.3) is 0 Å². The summed E-state index contributed by atoms with van der Waals surface area (Å²) in [5, 5.41) is 9.90. The molecule has 1 rings (SSSR count). The second-order valence-corrected chi connectivity index (χ2v) is 6.04. The van der Waals surface area contributed by atoms with Crippen molar-refractivity contribution >= 4 is 29.3 Å². The average molecular weight is 287 g/mol. The first kappa shape index (κ1) is 15.4. The van der Waals surface area contributed by atoms with Crippen LogP contribution in [-0.4, -0.2) is 22.6 Å². The lowest BCUT2D eigenvalue weighted by Gasteiger charge is -2.12. The minimum absolute atomic E-state index is 0.288. The Hall–Kier alpha value is -0.670. The summed E-state index contributed by atoms with van der Waals surface area (Å²) in [6, 6.07) is 7.42. The molecule has 1 unspecified atom stereocenters. The first-order valence-corrected chi connectivity index (χ1v) is 7.71. The smallest absolute Gasteiger partial charge is 0.306 e. The molecule has 0 fully saturated rings. The summed E-state index contributed by atoms with van der Waals surface area (Å²) in [6.07, 6.45) is 2.29. The lowest BCUT2D eigenvalue weighted by molar-refractivity contribution is -0.141. The van der Waals surface area contributed by atoms with Crippen molar-refractivity contribution < 1.29 is 9.90 Å². The molecular formula is C14H19ClO2S. The van der Waals surface area contributed by atoms with Crippen LogP contribution in [0.2, 0.25) is 5.02 Å². The zero-order valence-corrected chi connectivity index (χ0v) is 12.1. The van der Waals surface area contributed by atoms with E-state index in [1.165, 1.54) is 0 Å². The number of carbonyl (C=O) groups is 1. The van der Waals surface area contributed by atoms with Crippen LogP contribution < -0.4 is 0 Å². The van der Waals surface area contributed by atoms with Gasteiger partial charge in [0.05, 0.1) is 5.92 Å². The summed E-state index contributed by atoms with van der Waals surface area (Å²) in [5.74, 6) is 1.14. The highest BCUT2D eigenvalue weighted by Gasteiger charge is 2.17. The summed E-state index contributed by atoms with van der Waals surface area (Å²) in [5.41, 5.74) is 1.04. The largest absolute Gasteiger partial charge is 0.481 e. The molecule has 0 bridgehead atoms. The summed E-state index contributed by atoms with van der Waals surface area (Å²) in [6.45, 7) is 2.12. The molecular weight excluding hydrogens is 268 g/mol. The van der Waals surface area contributed by atoms with E-state index < -0.39 is 5.97 Å². The van der Waals surface area contributed by atoms with Crippen molar-refractivity contribution in [1.82, 2.24) is 0 Å². The van der Waals surface area contributed by atoms with E-state index in [1.807, 2.05) is 36.0 Å². The third-order valence-electron chi connectivity index (χ3n) is 2.79. The molecule has 0 radical (unpaired) electrons. The third-order valence-corrected chi connectivity index (χ3v) is 4.03. The van der Waals surface area contributed by atoms with Gasteiger partial charge in [-0.25, -0.2) is 0 Å². The van der Waals surface area contributed by atoms with Crippen molar-refractivity contribution in [3.05, 3.63) is 34.9 Å². The molecule has 0 aliphatic carbocycles. The molecule has 4 heteroatoms. The van der Waals surface area contributed by atoms with Crippen LogP contribution in [0.4, 0.5) is 0 Å². The molecule has 1 atom stereocenters. The number of hydrogen-bond acceptors (Lipinski definition) is 2. The highest BCUT2D eigenvalue weighted by atomic mass is 35.5. The Bertz CT molecular complexity index is 365. The van der Waals surface area contributed by atoms with Crippen LogP contribution in [0, 0.1) is 5.92 Å². The van der Waals surface area contributed by atoms with Gasteiger partial charge in [0.2, 0.25) is 0 Å². The summed E-state index contributed by atoms with van der Waals surface area (Å²) >= 11 is 7.67. The molecule has 1 aromatic carbocycles. The first-order chi connectivity index (χ1) is 8.63. The van der Waals surface area contributed by atoms with Crippen LogP contribution in [0.5, 0.6) is 0 Å². The van der Waals surface area contributed by atoms with Crippen molar-refractivity contribution in [3.8, 4) is 0 Å². The maximum atomic E-state index is 11.2. The van der Waals surface area contributed by atoms with Gasteiger partial charge in [0, 0.05) is 5.02 Å². The zero-order valence-electron chi connectivity index (χ0n) is 10.6. The Morgan fingerprint density at radius 3 is 2.61 bits per heavy atom. The van der Waals surface area contributed by atoms with Crippen molar-refractivity contribution in [2.45, 2.75) is 26.2 Å². The van der Waals surface area contributed by atoms with E-state index in [9.17, 15) is 9.90 Å². The second kappa shape index (κ2) is 8.44. The molecule has 100 valence electrons. The fourth-order valence-electron chi connectivity index (χ4n) is 1.79. The van der Waals surface area contributed by atoms with Gasteiger partial charge in [-0.1, -0.05) is 30.7 Å². The molecule has 0 amide bonds. The van der Waals surface area contributed by atoms with Gasteiger partial charge in [-0.05, 0) is 48.5 Å². The Labute approximate surface area is 118 Å². The van der Waals surface area contributed by atoms with Crippen molar-refractivity contribution in [2.75, 3.05) is 11.5 Å². The lowest BCUT2D eigenvalue weighted by atomic mass is 9.95. The van der Waals surface area contributed by atoms with E-state index >= 15 is 0 Å². The van der Waals surface area contributed by atoms with Gasteiger partial charge in [-0.15, -0.1) is 0 Å². The maximum Gasteiger partial charge on any atom is 0.306 e. The van der Waals surface area contributed by atoms with E-state index in [2.05, 4.69) is 6.92 Å². The Morgan fingerprint density at radius 1 is 1.39 bits per heavy atom. The minimum atomic E-state index is -0.702. The maximum absolute atomic E-state index is 11.2. The van der Waals surface area contributed by atoms with Crippen LogP contribution >= 0.6 is 23.4 Å². The predicted molar refractivity (Wildman–Crippen MR) is 78.5 cm³/mol. The summed E-state index contributed by atoms with van der Waals surface area (Å²) < 4.78 is 0. The predicted octanol–water partition coefficient (Wildman–Crippen LogP) is 4.12. The van der Waals surface area contributed by atoms with E-state index in [1.54, 1.807) is 0 Å². The number of thioether (sulfide) groups is 1. The van der Waals surface area contributed by atoms with Crippen LogP contribution in [0.3, 0.4) is 0 Å². The number of carboxylic acid groups (broad SMARTS) is 1. The highest BCUT2D eigenvalue weighted by molar-refractivity contribution is 7.99. The number of benzene rings is 1. The average Bonchev–Trinajstić information content (AvgIpc) is 2.35. The number of carboxylic acids is 1. The van der Waals surface area contributed by atoms with E-state index in [4.69, 9.17) is 11.6 Å².